The second-order valence-electron chi connectivity index (χ2n) is 7.64. The third-order valence-electron chi connectivity index (χ3n) is 5.39. The maximum absolute atomic E-state index is 13.4. The van der Waals surface area contributed by atoms with Crippen LogP contribution in [0.15, 0.2) is 59.1 Å². The molecule has 0 bridgehead atoms. The molecule has 0 aliphatic rings. The van der Waals surface area contributed by atoms with Crippen LogP contribution >= 0.6 is 11.6 Å². The van der Waals surface area contributed by atoms with Crippen molar-refractivity contribution in [2.45, 2.75) is 25.7 Å². The molecule has 10 heteroatoms. The highest BCUT2D eigenvalue weighted by Gasteiger charge is 2.19. The average molecular weight is 466 g/mol. The molecule has 168 valence electrons. The number of aromatic nitrogens is 6. The lowest BCUT2D eigenvalue weighted by Gasteiger charge is -2.14. The average Bonchev–Trinajstić information content (AvgIpc) is 3.54. The van der Waals surface area contributed by atoms with Gasteiger partial charge in [0.25, 0.3) is 0 Å². The summed E-state index contributed by atoms with van der Waals surface area (Å²) in [6.07, 6.45) is 3.23. The fourth-order valence-electron chi connectivity index (χ4n) is 3.68. The lowest BCUT2D eigenvalue weighted by atomic mass is 9.94. The number of alkyl halides is 1. The molecule has 0 saturated carbocycles. The molecule has 0 saturated heterocycles. The van der Waals surface area contributed by atoms with Crippen LogP contribution in [0.3, 0.4) is 0 Å². The van der Waals surface area contributed by atoms with Gasteiger partial charge in [-0.2, -0.15) is 9.50 Å². The van der Waals surface area contributed by atoms with Crippen molar-refractivity contribution in [1.29, 1.82) is 0 Å². The van der Waals surface area contributed by atoms with Gasteiger partial charge in [0.1, 0.15) is 17.5 Å². The number of anilines is 2. The number of aromatic amines is 1. The van der Waals surface area contributed by atoms with Gasteiger partial charge >= 0.3 is 0 Å². The number of hydrogen-bond acceptors (Lipinski definition) is 6. The molecule has 8 nitrogen and oxygen atoms in total. The summed E-state index contributed by atoms with van der Waals surface area (Å²) in [5, 5.41) is 15.0. The Kier molecular flexibility index (Phi) is 5.78. The zero-order valence-electron chi connectivity index (χ0n) is 17.8. The first-order valence-electron chi connectivity index (χ1n) is 10.5. The maximum Gasteiger partial charge on any atom is 0.246 e. The number of H-pyrrole nitrogens is 1. The van der Waals surface area contributed by atoms with Crippen LogP contribution in [-0.2, 0) is 0 Å². The van der Waals surface area contributed by atoms with Crippen LogP contribution in [0.4, 0.5) is 16.0 Å². The molecule has 3 heterocycles. The van der Waals surface area contributed by atoms with Crippen LogP contribution in [0, 0.1) is 12.7 Å². The standard InChI is InChI=1S/C23H21ClFN7O/c1-14-26-13-20-32(14)31-22(33-20)16-6-10-18(11-7-16)27-23-28-21(29-30-23)19(3-2-12-24)15-4-8-17(25)9-5-15/h4-11,13,19H,2-3,12H2,1H3,(H2,27,28,29,30). The van der Waals surface area contributed by atoms with Crippen molar-refractivity contribution in [1.82, 2.24) is 29.8 Å². The molecular weight excluding hydrogens is 445 g/mol. The fourth-order valence-corrected chi connectivity index (χ4v) is 3.84. The van der Waals surface area contributed by atoms with Gasteiger partial charge < -0.3 is 9.73 Å². The molecule has 0 fully saturated rings. The second kappa shape index (κ2) is 9.03. The quantitative estimate of drug-likeness (QED) is 0.296. The van der Waals surface area contributed by atoms with Crippen LogP contribution in [0.5, 0.6) is 0 Å². The molecule has 5 aromatic rings. The molecule has 2 aromatic carbocycles. The summed E-state index contributed by atoms with van der Waals surface area (Å²) in [7, 11) is 0. The van der Waals surface area contributed by atoms with E-state index in [0.717, 1.165) is 35.5 Å². The van der Waals surface area contributed by atoms with Gasteiger partial charge in [-0.15, -0.1) is 21.8 Å². The third-order valence-corrected chi connectivity index (χ3v) is 5.66. The van der Waals surface area contributed by atoms with Gasteiger partial charge in [-0.25, -0.2) is 9.37 Å². The van der Waals surface area contributed by atoms with E-state index >= 15 is 0 Å². The van der Waals surface area contributed by atoms with Crippen LogP contribution in [0.2, 0.25) is 0 Å². The van der Waals surface area contributed by atoms with E-state index in [1.165, 1.54) is 12.1 Å². The smallest absolute Gasteiger partial charge is 0.246 e. The van der Waals surface area contributed by atoms with E-state index in [1.807, 2.05) is 31.2 Å². The molecule has 3 aromatic heterocycles. The number of hydrogen-bond donors (Lipinski definition) is 2. The van der Waals surface area contributed by atoms with Crippen molar-refractivity contribution in [3.8, 4) is 11.5 Å². The van der Waals surface area contributed by atoms with E-state index < -0.39 is 0 Å². The van der Waals surface area contributed by atoms with E-state index in [9.17, 15) is 4.39 Å². The molecule has 0 radical (unpaired) electrons. The number of nitrogens with zero attached hydrogens (tertiary/aromatic N) is 5. The largest absolute Gasteiger partial charge is 0.417 e. The summed E-state index contributed by atoms with van der Waals surface area (Å²) in [6.45, 7) is 1.87. The van der Waals surface area contributed by atoms with Crippen molar-refractivity contribution < 1.29 is 8.81 Å². The first kappa shape index (κ1) is 21.1. The molecular formula is C23H21ClFN7O. The molecule has 1 unspecified atom stereocenters. The Balaban J connectivity index is 1.32. The van der Waals surface area contributed by atoms with Gasteiger partial charge in [0.15, 0.2) is 0 Å². The Labute approximate surface area is 193 Å². The number of halogens is 2. The highest BCUT2D eigenvalue weighted by molar-refractivity contribution is 6.17. The van der Waals surface area contributed by atoms with E-state index in [0.29, 0.717) is 29.3 Å². The Morgan fingerprint density at radius 3 is 2.67 bits per heavy atom. The molecule has 5 rings (SSSR count). The van der Waals surface area contributed by atoms with Gasteiger partial charge in [-0.1, -0.05) is 12.1 Å². The predicted octanol–water partition coefficient (Wildman–Crippen LogP) is 5.45. The van der Waals surface area contributed by atoms with Gasteiger partial charge in [0.05, 0.1) is 6.20 Å². The molecule has 33 heavy (non-hydrogen) atoms. The minimum Gasteiger partial charge on any atom is -0.417 e. The van der Waals surface area contributed by atoms with Crippen molar-refractivity contribution in [3.63, 3.8) is 0 Å². The number of fused-ring (bicyclic) bond motifs is 1. The van der Waals surface area contributed by atoms with E-state index in [-0.39, 0.29) is 11.7 Å². The van der Waals surface area contributed by atoms with Crippen molar-refractivity contribution in [3.05, 3.63) is 77.8 Å². The lowest BCUT2D eigenvalue weighted by molar-refractivity contribution is 0.617. The molecule has 0 aliphatic heterocycles. The summed E-state index contributed by atoms with van der Waals surface area (Å²) in [4.78, 5) is 8.78. The Morgan fingerprint density at radius 2 is 1.94 bits per heavy atom. The van der Waals surface area contributed by atoms with Crippen molar-refractivity contribution in [2.75, 3.05) is 11.2 Å². The monoisotopic (exact) mass is 465 g/mol. The van der Waals surface area contributed by atoms with Crippen molar-refractivity contribution >= 4 is 29.0 Å². The SMILES string of the molecule is Cc1ncc2oc(-c3ccc(Nc4n[nH]c(C(CCCCl)c5ccc(F)cc5)n4)cc3)nn12. The van der Waals surface area contributed by atoms with Crippen LogP contribution in [-0.4, -0.2) is 35.7 Å². The van der Waals surface area contributed by atoms with Gasteiger partial charge in [0, 0.05) is 23.0 Å². The highest BCUT2D eigenvalue weighted by atomic mass is 35.5. The molecule has 0 spiro atoms. The Bertz CT molecular complexity index is 1360. The number of rotatable bonds is 8. The van der Waals surface area contributed by atoms with Gasteiger partial charge in [0.2, 0.25) is 17.6 Å². The zero-order valence-corrected chi connectivity index (χ0v) is 18.6. The fraction of sp³-hybridized carbons (Fsp3) is 0.217. The first-order valence-corrected chi connectivity index (χ1v) is 11.1. The topological polar surface area (TPSA) is 96.9 Å². The summed E-state index contributed by atoms with van der Waals surface area (Å²) in [5.74, 6) is 2.65. The van der Waals surface area contributed by atoms with E-state index in [2.05, 4.69) is 30.6 Å². The van der Waals surface area contributed by atoms with Crippen molar-refractivity contribution in [2.24, 2.45) is 0 Å². The van der Waals surface area contributed by atoms with Crippen LogP contribution in [0.25, 0.3) is 17.2 Å². The first-order chi connectivity index (χ1) is 16.1. The Morgan fingerprint density at radius 1 is 1.15 bits per heavy atom. The number of nitrogens with one attached hydrogen (secondary N) is 2. The minimum absolute atomic E-state index is 0.0527. The molecule has 0 aliphatic carbocycles. The van der Waals surface area contributed by atoms with Crippen LogP contribution < -0.4 is 5.32 Å². The number of aryl methyl sites for hydroxylation is 1. The zero-order chi connectivity index (χ0) is 22.8. The van der Waals surface area contributed by atoms with Gasteiger partial charge in [-0.3, -0.25) is 5.10 Å². The molecule has 1 atom stereocenters. The lowest BCUT2D eigenvalue weighted by Crippen LogP contribution is -2.04. The summed E-state index contributed by atoms with van der Waals surface area (Å²) in [5.41, 5.74) is 3.22. The van der Waals surface area contributed by atoms with E-state index in [4.69, 9.17) is 16.0 Å². The molecule has 2 N–H and O–H groups in total. The Hall–Kier alpha value is -3.72. The highest BCUT2D eigenvalue weighted by Crippen LogP contribution is 2.29. The summed E-state index contributed by atoms with van der Waals surface area (Å²) >= 11 is 5.91. The number of benzene rings is 2. The normalized spacial score (nSPS) is 12.3. The number of imidazole rings is 1. The summed E-state index contributed by atoms with van der Waals surface area (Å²) < 4.78 is 20.8. The predicted molar refractivity (Wildman–Crippen MR) is 123 cm³/mol. The maximum atomic E-state index is 13.4. The second-order valence-corrected chi connectivity index (χ2v) is 8.02. The summed E-state index contributed by atoms with van der Waals surface area (Å²) in [6, 6.07) is 14.1. The molecule has 0 amide bonds. The van der Waals surface area contributed by atoms with Crippen LogP contribution in [0.1, 0.15) is 36.0 Å². The van der Waals surface area contributed by atoms with E-state index in [1.54, 1.807) is 22.8 Å². The van der Waals surface area contributed by atoms with Gasteiger partial charge in [-0.05, 0) is 61.7 Å². The third kappa shape index (κ3) is 4.45. The minimum atomic E-state index is -0.271.